The molecule has 1 saturated carbocycles. The maximum atomic E-state index is 13.7. The molecule has 1 amide bonds. The first-order chi connectivity index (χ1) is 20.0. The van der Waals surface area contributed by atoms with Gasteiger partial charge in [-0.15, -0.1) is 0 Å². The van der Waals surface area contributed by atoms with Crippen LogP contribution in [0.1, 0.15) is 88.2 Å². The summed E-state index contributed by atoms with van der Waals surface area (Å²) in [5.41, 5.74) is 3.64. The number of anilines is 1. The van der Waals surface area contributed by atoms with Crippen LogP contribution in [-0.4, -0.2) is 35.8 Å². The molecule has 1 aliphatic heterocycles. The number of rotatable bonds is 11. The van der Waals surface area contributed by atoms with Crippen LogP contribution in [0.5, 0.6) is 0 Å². The molecule has 1 aromatic heterocycles. The third-order valence-corrected chi connectivity index (χ3v) is 9.87. The fourth-order valence-corrected chi connectivity index (χ4v) is 7.40. The van der Waals surface area contributed by atoms with Crippen LogP contribution >= 0.6 is 0 Å². The third-order valence-electron chi connectivity index (χ3n) is 8.48. The second-order valence-electron chi connectivity index (χ2n) is 12.2. The summed E-state index contributed by atoms with van der Waals surface area (Å²) in [4.78, 5) is 20.8. The quantitative estimate of drug-likeness (QED) is 0.254. The van der Waals surface area contributed by atoms with Gasteiger partial charge in [0.1, 0.15) is 17.1 Å². The zero-order valence-corrected chi connectivity index (χ0v) is 26.2. The second kappa shape index (κ2) is 12.0. The molecule has 0 radical (unpaired) electrons. The summed E-state index contributed by atoms with van der Waals surface area (Å²) in [5.74, 6) is 2.16. The van der Waals surface area contributed by atoms with E-state index in [-0.39, 0.29) is 16.6 Å². The number of benzene rings is 2. The number of hydrogen-bond acceptors (Lipinski definition) is 6. The summed E-state index contributed by atoms with van der Waals surface area (Å²) in [6.07, 6.45) is 7.39. The van der Waals surface area contributed by atoms with Gasteiger partial charge in [0.15, 0.2) is 5.82 Å². The summed E-state index contributed by atoms with van der Waals surface area (Å²) >= 11 is 0. The first kappa shape index (κ1) is 30.0. The number of carbonyl (C=O) groups is 1. The average Bonchev–Trinajstić information content (AvgIpc) is 3.63. The van der Waals surface area contributed by atoms with Gasteiger partial charge in [-0.3, -0.25) is 19.4 Å². The highest BCUT2D eigenvalue weighted by molar-refractivity contribution is 7.92. The van der Waals surface area contributed by atoms with Crippen molar-refractivity contribution in [1.29, 1.82) is 0 Å². The Morgan fingerprint density at radius 2 is 1.81 bits per heavy atom. The van der Waals surface area contributed by atoms with E-state index in [1.54, 1.807) is 26.0 Å². The van der Waals surface area contributed by atoms with E-state index in [9.17, 15) is 13.2 Å². The van der Waals surface area contributed by atoms with Gasteiger partial charge >= 0.3 is 0 Å². The Morgan fingerprint density at radius 1 is 1.07 bits per heavy atom. The van der Waals surface area contributed by atoms with Crippen LogP contribution in [-0.2, 0) is 27.8 Å². The van der Waals surface area contributed by atoms with Crippen LogP contribution in [0.25, 0.3) is 11.1 Å². The minimum Gasteiger partial charge on any atom is -0.359 e. The number of amidine groups is 1. The van der Waals surface area contributed by atoms with E-state index in [0.717, 1.165) is 73.9 Å². The highest BCUT2D eigenvalue weighted by Crippen LogP contribution is 2.40. The van der Waals surface area contributed by atoms with Gasteiger partial charge < -0.3 is 4.52 Å². The molecular weight excluding hydrogens is 548 g/mol. The van der Waals surface area contributed by atoms with Crippen LogP contribution in [0.15, 0.2) is 56.9 Å². The van der Waals surface area contributed by atoms with Crippen molar-refractivity contribution in [3.05, 3.63) is 64.9 Å². The zero-order valence-electron chi connectivity index (χ0n) is 25.4. The standard InChI is InChI=1S/C33H42N4O4S/c1-6-7-14-30-34-33(17-10-11-18-33)32(38)37(30)21-25-15-16-27(26(20-25)19-22(2)3)28-12-8-9-13-29(28)42(39,40)36-31-23(4)24(5)41-35-31/h8-9,12-13,15-16,20,22H,6-7,10-11,14,17-19,21H2,1-5H3,(H,35,36). The molecule has 1 fully saturated rings. The van der Waals surface area contributed by atoms with Crippen molar-refractivity contribution < 1.29 is 17.7 Å². The number of aliphatic imine (C=N–C) groups is 1. The largest absolute Gasteiger partial charge is 0.359 e. The van der Waals surface area contributed by atoms with Gasteiger partial charge in [-0.2, -0.15) is 0 Å². The Hall–Kier alpha value is -3.46. The SMILES string of the molecule is CCCCC1=NC2(CCCC2)C(=O)N1Cc1ccc(-c2ccccc2S(=O)(=O)Nc2noc(C)c2C)c(CC(C)C)c1. The van der Waals surface area contributed by atoms with Gasteiger partial charge in [-0.25, -0.2) is 8.42 Å². The number of nitrogens with zero attached hydrogens (tertiary/aromatic N) is 3. The fraction of sp³-hybridized carbons (Fsp3) is 0.485. The molecule has 0 bridgehead atoms. The molecular formula is C33H42N4O4S. The fourth-order valence-electron chi connectivity index (χ4n) is 6.12. The Bertz CT molecular complexity index is 1600. The molecule has 2 aliphatic rings. The lowest BCUT2D eigenvalue weighted by Gasteiger charge is -2.24. The number of unbranched alkanes of at least 4 members (excludes halogenated alkanes) is 1. The monoisotopic (exact) mass is 590 g/mol. The topological polar surface area (TPSA) is 105 Å². The molecule has 3 aromatic rings. The predicted molar refractivity (Wildman–Crippen MR) is 166 cm³/mol. The normalized spacial score (nSPS) is 16.6. The van der Waals surface area contributed by atoms with Crippen molar-refractivity contribution in [3.8, 4) is 11.1 Å². The molecule has 2 aromatic carbocycles. The molecule has 2 heterocycles. The first-order valence-electron chi connectivity index (χ1n) is 15.1. The Morgan fingerprint density at radius 3 is 2.48 bits per heavy atom. The molecule has 42 heavy (non-hydrogen) atoms. The van der Waals surface area contributed by atoms with Crippen molar-refractivity contribution in [2.24, 2.45) is 10.9 Å². The van der Waals surface area contributed by atoms with Gasteiger partial charge in [0, 0.05) is 17.5 Å². The van der Waals surface area contributed by atoms with Crippen molar-refractivity contribution in [1.82, 2.24) is 10.1 Å². The van der Waals surface area contributed by atoms with Crippen LogP contribution in [0.4, 0.5) is 5.82 Å². The summed E-state index contributed by atoms with van der Waals surface area (Å²) < 4.78 is 35.0. The zero-order chi connectivity index (χ0) is 30.1. The molecule has 224 valence electrons. The van der Waals surface area contributed by atoms with E-state index >= 15 is 0 Å². The van der Waals surface area contributed by atoms with Gasteiger partial charge in [0.25, 0.3) is 15.9 Å². The van der Waals surface area contributed by atoms with Gasteiger partial charge in [-0.05, 0) is 68.2 Å². The van der Waals surface area contributed by atoms with Crippen LogP contribution < -0.4 is 4.72 Å². The Kier molecular flexibility index (Phi) is 8.60. The van der Waals surface area contributed by atoms with Crippen molar-refractivity contribution in [2.75, 3.05) is 4.72 Å². The minimum absolute atomic E-state index is 0.140. The number of carbonyl (C=O) groups excluding carboxylic acids is 1. The van der Waals surface area contributed by atoms with Gasteiger partial charge in [-0.1, -0.05) is 81.6 Å². The molecule has 5 rings (SSSR count). The highest BCUT2D eigenvalue weighted by atomic mass is 32.2. The minimum atomic E-state index is -3.95. The molecule has 1 N–H and O–H groups in total. The lowest BCUT2D eigenvalue weighted by Crippen LogP contribution is -2.40. The molecule has 0 atom stereocenters. The summed E-state index contributed by atoms with van der Waals surface area (Å²) in [6, 6.07) is 13.2. The maximum absolute atomic E-state index is 13.7. The van der Waals surface area contributed by atoms with Crippen molar-refractivity contribution >= 4 is 27.6 Å². The lowest BCUT2D eigenvalue weighted by molar-refractivity contribution is -0.131. The van der Waals surface area contributed by atoms with Crippen LogP contribution in [0.3, 0.4) is 0 Å². The van der Waals surface area contributed by atoms with E-state index < -0.39 is 15.6 Å². The molecule has 8 nitrogen and oxygen atoms in total. The smallest absolute Gasteiger partial charge is 0.263 e. The third kappa shape index (κ3) is 5.89. The second-order valence-corrected chi connectivity index (χ2v) is 13.8. The molecule has 9 heteroatoms. The van der Waals surface area contributed by atoms with Gasteiger partial charge in [0.05, 0.1) is 11.4 Å². The van der Waals surface area contributed by atoms with Crippen LogP contribution in [0, 0.1) is 19.8 Å². The number of hydrogen-bond donors (Lipinski definition) is 1. The molecule has 0 unspecified atom stereocenters. The lowest BCUT2D eigenvalue weighted by atomic mass is 9.91. The summed E-state index contributed by atoms with van der Waals surface area (Å²) in [6.45, 7) is 10.5. The van der Waals surface area contributed by atoms with Crippen molar-refractivity contribution in [3.63, 3.8) is 0 Å². The number of aryl methyl sites for hydroxylation is 1. The Labute approximate surface area is 249 Å². The molecule has 1 spiro atoms. The van der Waals surface area contributed by atoms with E-state index in [4.69, 9.17) is 9.52 Å². The highest BCUT2D eigenvalue weighted by Gasteiger charge is 2.49. The summed E-state index contributed by atoms with van der Waals surface area (Å²) in [7, 11) is -3.95. The molecule has 0 saturated heterocycles. The van der Waals surface area contributed by atoms with E-state index in [2.05, 4.69) is 36.7 Å². The predicted octanol–water partition coefficient (Wildman–Crippen LogP) is 7.20. The van der Waals surface area contributed by atoms with Crippen molar-refractivity contribution in [2.45, 2.75) is 103 Å². The maximum Gasteiger partial charge on any atom is 0.263 e. The molecule has 1 aliphatic carbocycles. The van der Waals surface area contributed by atoms with Gasteiger partial charge in [0.2, 0.25) is 0 Å². The number of nitrogens with one attached hydrogen (secondary N) is 1. The Balaban J connectivity index is 1.50. The summed E-state index contributed by atoms with van der Waals surface area (Å²) in [5, 5.41) is 3.90. The first-order valence-corrected chi connectivity index (χ1v) is 16.6. The van der Waals surface area contributed by atoms with E-state index in [1.165, 1.54) is 0 Å². The number of amides is 1. The van der Waals surface area contributed by atoms with E-state index in [1.807, 2.05) is 29.2 Å². The number of aromatic nitrogens is 1. The van der Waals surface area contributed by atoms with E-state index in [0.29, 0.717) is 29.3 Å². The number of sulfonamides is 1. The van der Waals surface area contributed by atoms with Crippen LogP contribution in [0.2, 0.25) is 0 Å². The average molecular weight is 591 g/mol.